The number of rotatable bonds is 13. The number of carbonyl (C=O) groups excluding carboxylic acids is 1. The topological polar surface area (TPSA) is 81.7 Å². The van der Waals surface area contributed by atoms with E-state index < -0.39 is 5.97 Å². The van der Waals surface area contributed by atoms with Crippen LogP contribution < -0.4 is 14.2 Å². The zero-order valence-corrected chi connectivity index (χ0v) is 16.4. The maximum Gasteiger partial charge on any atom is 0.308 e. The Bertz CT molecular complexity index is 568. The summed E-state index contributed by atoms with van der Waals surface area (Å²) >= 11 is 12.4. The van der Waals surface area contributed by atoms with Crippen LogP contribution in [0.4, 0.5) is 0 Å². The normalized spacial score (nSPS) is 10.7. The highest BCUT2D eigenvalue weighted by Crippen LogP contribution is 2.46. The predicted octanol–water partition coefficient (Wildman–Crippen LogP) is 2.92. The highest BCUT2D eigenvalue weighted by molar-refractivity contribution is 6.37. The molecule has 0 saturated carbocycles. The summed E-state index contributed by atoms with van der Waals surface area (Å²) in [6, 6.07) is 1.36. The van der Waals surface area contributed by atoms with Crippen molar-refractivity contribution in [3.8, 4) is 17.2 Å². The van der Waals surface area contributed by atoms with Gasteiger partial charge in [0.05, 0.1) is 31.5 Å². The molecular weight excluding hydrogens is 391 g/mol. The number of benzene rings is 1. The van der Waals surface area contributed by atoms with Gasteiger partial charge in [-0.1, -0.05) is 23.2 Å². The molecule has 0 N–H and O–H groups in total. The Morgan fingerprint density at radius 2 is 1.46 bits per heavy atom. The van der Waals surface area contributed by atoms with Gasteiger partial charge in [0.15, 0.2) is 30.8 Å². The lowest BCUT2D eigenvalue weighted by molar-refractivity contribution is -0.131. The summed E-state index contributed by atoms with van der Waals surface area (Å²) in [5, 5.41) is 0.153. The molecule has 0 aromatic heterocycles. The van der Waals surface area contributed by atoms with E-state index in [4.69, 9.17) is 56.4 Å². The summed E-state index contributed by atoms with van der Waals surface area (Å²) in [4.78, 5) is 11.2. The van der Waals surface area contributed by atoms with Crippen LogP contribution in [0.2, 0.25) is 10.0 Å². The minimum atomic E-state index is -0.554. The second-order valence-corrected chi connectivity index (χ2v) is 5.53. The molecule has 0 fully saturated rings. The summed E-state index contributed by atoms with van der Waals surface area (Å²) in [5.41, 5.74) is 0. The molecule has 0 heterocycles. The lowest BCUT2D eigenvalue weighted by atomic mass is 10.3. The maximum atomic E-state index is 11.2. The molecule has 1 aromatic rings. The average molecular weight is 413 g/mol. The molecule has 0 bridgehead atoms. The van der Waals surface area contributed by atoms with Gasteiger partial charge in [0.25, 0.3) is 0 Å². The van der Waals surface area contributed by atoms with Crippen LogP contribution in [0.3, 0.4) is 0 Å². The van der Waals surface area contributed by atoms with E-state index in [1.165, 1.54) is 13.0 Å². The fourth-order valence-electron chi connectivity index (χ4n) is 1.66. The van der Waals surface area contributed by atoms with Gasteiger partial charge in [0, 0.05) is 27.2 Å². The van der Waals surface area contributed by atoms with Crippen LogP contribution in [0.25, 0.3) is 0 Å². The molecule has 0 aliphatic carbocycles. The average Bonchev–Trinajstić information content (AvgIpc) is 2.59. The molecule has 0 spiro atoms. The number of esters is 1. The Morgan fingerprint density at radius 3 is 1.96 bits per heavy atom. The monoisotopic (exact) mass is 412 g/mol. The first-order chi connectivity index (χ1) is 12.5. The number of methoxy groups -OCH3 is 2. The molecule has 0 aliphatic heterocycles. The summed E-state index contributed by atoms with van der Waals surface area (Å²) in [7, 11) is 3.11. The van der Waals surface area contributed by atoms with E-state index in [1.54, 1.807) is 14.2 Å². The maximum absolute atomic E-state index is 11.2. The van der Waals surface area contributed by atoms with Crippen LogP contribution in [0.15, 0.2) is 6.07 Å². The van der Waals surface area contributed by atoms with Gasteiger partial charge in [0.2, 0.25) is 0 Å². The third-order valence-corrected chi connectivity index (χ3v) is 3.43. The van der Waals surface area contributed by atoms with Crippen molar-refractivity contribution in [2.45, 2.75) is 6.92 Å². The Morgan fingerprint density at radius 1 is 0.923 bits per heavy atom. The second kappa shape index (κ2) is 13.0. The van der Waals surface area contributed by atoms with Gasteiger partial charge < -0.3 is 33.2 Å². The highest BCUT2D eigenvalue weighted by atomic mass is 35.5. The molecule has 1 aromatic carbocycles. The van der Waals surface area contributed by atoms with Crippen molar-refractivity contribution in [2.24, 2.45) is 0 Å². The molecule has 148 valence electrons. The van der Waals surface area contributed by atoms with Gasteiger partial charge in [-0.25, -0.2) is 0 Å². The van der Waals surface area contributed by atoms with E-state index in [2.05, 4.69) is 0 Å². The molecule has 1 rings (SSSR count). The van der Waals surface area contributed by atoms with Gasteiger partial charge >= 0.3 is 5.97 Å². The summed E-state index contributed by atoms with van der Waals surface area (Å²) in [6.07, 6.45) is 0. The fourth-order valence-corrected chi connectivity index (χ4v) is 2.13. The van der Waals surface area contributed by atoms with Crippen molar-refractivity contribution in [1.82, 2.24) is 0 Å². The smallest absolute Gasteiger partial charge is 0.308 e. The van der Waals surface area contributed by atoms with Crippen molar-refractivity contribution in [3.05, 3.63) is 16.1 Å². The van der Waals surface area contributed by atoms with Crippen LogP contribution in [0.5, 0.6) is 17.2 Å². The molecule has 0 radical (unpaired) electrons. The highest BCUT2D eigenvalue weighted by Gasteiger charge is 2.21. The third kappa shape index (κ3) is 7.94. The summed E-state index contributed by atoms with van der Waals surface area (Å²) in [6.45, 7) is 2.48. The second-order valence-electron chi connectivity index (χ2n) is 4.75. The first kappa shape index (κ1) is 22.8. The number of hydrogen-bond acceptors (Lipinski definition) is 8. The van der Waals surface area contributed by atoms with Gasteiger partial charge in [0.1, 0.15) is 5.02 Å². The van der Waals surface area contributed by atoms with Crippen LogP contribution in [-0.2, 0) is 23.7 Å². The minimum absolute atomic E-state index is 0.0202. The van der Waals surface area contributed by atoms with Crippen molar-refractivity contribution >= 4 is 29.2 Å². The Hall–Kier alpha value is -1.29. The van der Waals surface area contributed by atoms with Crippen molar-refractivity contribution in [2.75, 3.05) is 54.2 Å². The minimum Gasteiger partial charge on any atom is -0.462 e. The van der Waals surface area contributed by atoms with Gasteiger partial charge in [-0.05, 0) is 0 Å². The van der Waals surface area contributed by atoms with E-state index in [-0.39, 0.29) is 40.9 Å². The van der Waals surface area contributed by atoms with Crippen molar-refractivity contribution in [1.29, 1.82) is 0 Å². The van der Waals surface area contributed by atoms with E-state index in [9.17, 15) is 4.79 Å². The number of ether oxygens (including phenoxy) is 7. The largest absolute Gasteiger partial charge is 0.462 e. The number of hydrogen-bond donors (Lipinski definition) is 0. The Labute approximate surface area is 162 Å². The molecule has 26 heavy (non-hydrogen) atoms. The quantitative estimate of drug-likeness (QED) is 0.211. The van der Waals surface area contributed by atoms with E-state index in [1.807, 2.05) is 0 Å². The molecule has 0 unspecified atom stereocenters. The van der Waals surface area contributed by atoms with Crippen LogP contribution >= 0.6 is 23.2 Å². The van der Waals surface area contributed by atoms with Crippen LogP contribution in [0.1, 0.15) is 6.92 Å². The predicted molar refractivity (Wildman–Crippen MR) is 94.4 cm³/mol. The fraction of sp³-hybridized carbons (Fsp3) is 0.562. The zero-order chi connectivity index (χ0) is 19.4. The Balaban J connectivity index is 2.89. The number of carbonyl (C=O) groups is 1. The molecular formula is C16H22Cl2O8. The first-order valence-corrected chi connectivity index (χ1v) is 8.36. The Kier molecular flexibility index (Phi) is 11.3. The van der Waals surface area contributed by atoms with Crippen molar-refractivity contribution in [3.63, 3.8) is 0 Å². The van der Waals surface area contributed by atoms with E-state index >= 15 is 0 Å². The van der Waals surface area contributed by atoms with Gasteiger partial charge in [-0.15, -0.1) is 0 Å². The van der Waals surface area contributed by atoms with E-state index in [0.29, 0.717) is 26.4 Å². The van der Waals surface area contributed by atoms with Crippen molar-refractivity contribution < 1.29 is 38.0 Å². The molecule has 0 aliphatic rings. The SMILES string of the molecule is COCCOCOc1c(Cl)cc(OC(C)=O)c(Cl)c1OCOCCOC. The summed E-state index contributed by atoms with van der Waals surface area (Å²) < 4.78 is 36.3. The lowest BCUT2D eigenvalue weighted by Gasteiger charge is -2.17. The van der Waals surface area contributed by atoms with E-state index in [0.717, 1.165) is 0 Å². The van der Waals surface area contributed by atoms with Crippen LogP contribution in [0, 0.1) is 0 Å². The van der Waals surface area contributed by atoms with Gasteiger partial charge in [-0.3, -0.25) is 4.79 Å². The lowest BCUT2D eigenvalue weighted by Crippen LogP contribution is -2.12. The van der Waals surface area contributed by atoms with Crippen LogP contribution in [-0.4, -0.2) is 60.2 Å². The first-order valence-electron chi connectivity index (χ1n) is 7.60. The molecule has 8 nitrogen and oxygen atoms in total. The standard InChI is InChI=1S/C16H22Cl2O8/c1-11(19)26-13-8-12(17)15(24-9-22-6-4-20-2)16(14(13)18)25-10-23-7-5-21-3/h8H,4-7,9-10H2,1-3H3. The molecule has 10 heteroatoms. The zero-order valence-electron chi connectivity index (χ0n) is 14.8. The van der Waals surface area contributed by atoms with Gasteiger partial charge in [-0.2, -0.15) is 0 Å². The number of halogens is 2. The third-order valence-electron chi connectivity index (χ3n) is 2.79. The molecule has 0 saturated heterocycles. The molecule has 0 amide bonds. The summed E-state index contributed by atoms with van der Waals surface area (Å²) in [5.74, 6) is -0.297. The molecule has 0 atom stereocenters.